The maximum absolute atomic E-state index is 14.3. The minimum absolute atomic E-state index is 0.163. The van der Waals surface area contributed by atoms with Crippen LogP contribution in [0.3, 0.4) is 0 Å². The van der Waals surface area contributed by atoms with Crippen LogP contribution < -0.4 is 5.32 Å². The fourth-order valence-corrected chi connectivity index (χ4v) is 4.95. The number of aromatic nitrogens is 1. The molecule has 1 aliphatic rings. The predicted octanol–water partition coefficient (Wildman–Crippen LogP) is 4.34. The maximum atomic E-state index is 14.3. The molecule has 0 aliphatic carbocycles. The Hall–Kier alpha value is -3.33. The van der Waals surface area contributed by atoms with Crippen molar-refractivity contribution in [2.24, 2.45) is 0 Å². The highest BCUT2D eigenvalue weighted by molar-refractivity contribution is 7.09. The van der Waals surface area contributed by atoms with E-state index < -0.39 is 41.4 Å². The molecule has 1 aromatic carbocycles. The van der Waals surface area contributed by atoms with Crippen LogP contribution in [-0.2, 0) is 23.3 Å². The van der Waals surface area contributed by atoms with E-state index in [9.17, 15) is 23.2 Å². The molecule has 3 heterocycles. The van der Waals surface area contributed by atoms with E-state index in [2.05, 4.69) is 11.4 Å². The van der Waals surface area contributed by atoms with E-state index in [4.69, 9.17) is 0 Å². The van der Waals surface area contributed by atoms with Gasteiger partial charge in [0.2, 0.25) is 0 Å². The lowest BCUT2D eigenvalue weighted by atomic mass is 9.91. The number of carbonyl (C=O) groups excluding carboxylic acids is 3. The molecule has 1 N–H and O–H groups in total. The van der Waals surface area contributed by atoms with Crippen LogP contribution in [0.15, 0.2) is 41.8 Å². The molecular weight excluding hydrogens is 448 g/mol. The average molecular weight is 472 g/mol. The molecular formula is C24H23F2N3O3S. The van der Waals surface area contributed by atoms with Gasteiger partial charge in [-0.1, -0.05) is 12.1 Å². The molecule has 1 saturated heterocycles. The third-order valence-electron chi connectivity index (χ3n) is 6.08. The molecule has 2 aromatic heterocycles. The van der Waals surface area contributed by atoms with Crippen LogP contribution in [0.2, 0.25) is 0 Å². The van der Waals surface area contributed by atoms with Crippen molar-refractivity contribution < 1.29 is 23.2 Å². The molecule has 172 valence electrons. The zero-order valence-electron chi connectivity index (χ0n) is 18.4. The molecule has 33 heavy (non-hydrogen) atoms. The lowest BCUT2D eigenvalue weighted by molar-refractivity contribution is -0.130. The van der Waals surface area contributed by atoms with Crippen LogP contribution >= 0.6 is 11.3 Å². The number of nitrogens with zero attached hydrogens (tertiary/aromatic N) is 2. The van der Waals surface area contributed by atoms with Gasteiger partial charge in [-0.05, 0) is 50.8 Å². The van der Waals surface area contributed by atoms with Gasteiger partial charge in [0.1, 0.15) is 17.2 Å². The maximum Gasteiger partial charge on any atom is 0.325 e. The lowest BCUT2D eigenvalue weighted by Crippen LogP contribution is -2.42. The zero-order chi connectivity index (χ0) is 23.9. The Balaban J connectivity index is 1.53. The van der Waals surface area contributed by atoms with Gasteiger partial charge in [-0.25, -0.2) is 13.6 Å². The summed E-state index contributed by atoms with van der Waals surface area (Å²) in [6.07, 6.45) is 0.830. The number of ketones is 1. The number of amides is 3. The highest BCUT2D eigenvalue weighted by atomic mass is 32.1. The van der Waals surface area contributed by atoms with Crippen molar-refractivity contribution in [3.8, 4) is 0 Å². The van der Waals surface area contributed by atoms with Gasteiger partial charge in [-0.3, -0.25) is 14.5 Å². The van der Waals surface area contributed by atoms with Crippen LogP contribution in [0.4, 0.5) is 13.6 Å². The molecule has 0 radical (unpaired) electrons. The SMILES string of the molecule is Cc1cc(C(=O)CN2C(=O)NC(C)(c3ccc(F)cc3F)C2=O)c(C)n1CCc1cccs1. The molecule has 1 aliphatic heterocycles. The number of halogens is 2. The number of benzene rings is 1. The van der Waals surface area contributed by atoms with Gasteiger partial charge in [0, 0.05) is 40.0 Å². The molecule has 3 amide bonds. The van der Waals surface area contributed by atoms with Gasteiger partial charge in [-0.2, -0.15) is 0 Å². The van der Waals surface area contributed by atoms with Crippen LogP contribution in [0.25, 0.3) is 0 Å². The molecule has 6 nitrogen and oxygen atoms in total. The standard InChI is InChI=1S/C24H23F2N3O3S/c1-14-11-18(15(2)28(14)9-8-17-5-4-10-33-17)21(30)13-29-22(31)24(3,27-23(29)32)19-7-6-16(25)12-20(19)26/h4-7,10-12H,8-9,13H2,1-3H3,(H,27,32). The Kier molecular flexibility index (Phi) is 5.92. The van der Waals surface area contributed by atoms with Crippen LogP contribution in [0.5, 0.6) is 0 Å². The van der Waals surface area contributed by atoms with Gasteiger partial charge >= 0.3 is 6.03 Å². The molecule has 1 atom stereocenters. The molecule has 1 unspecified atom stereocenters. The largest absolute Gasteiger partial charge is 0.348 e. The highest BCUT2D eigenvalue weighted by Crippen LogP contribution is 2.31. The normalized spacial score (nSPS) is 18.2. The zero-order valence-corrected chi connectivity index (χ0v) is 19.3. The first-order valence-electron chi connectivity index (χ1n) is 10.4. The number of hydrogen-bond acceptors (Lipinski definition) is 4. The number of aryl methyl sites for hydroxylation is 2. The first kappa shape index (κ1) is 22.8. The van der Waals surface area contributed by atoms with E-state index in [1.54, 1.807) is 17.4 Å². The second kappa shape index (κ2) is 8.55. The number of imide groups is 1. The van der Waals surface area contributed by atoms with Crippen molar-refractivity contribution in [2.45, 2.75) is 39.3 Å². The second-order valence-corrected chi connectivity index (χ2v) is 9.29. The molecule has 3 aromatic rings. The Labute approximate surface area is 193 Å². The Morgan fingerprint density at radius 3 is 2.58 bits per heavy atom. The Morgan fingerprint density at radius 2 is 1.91 bits per heavy atom. The van der Waals surface area contributed by atoms with Crippen molar-refractivity contribution in [3.63, 3.8) is 0 Å². The van der Waals surface area contributed by atoms with Crippen LogP contribution in [-0.4, -0.2) is 33.7 Å². The van der Waals surface area contributed by atoms with Crippen molar-refractivity contribution in [3.05, 3.63) is 80.8 Å². The fourth-order valence-electron chi connectivity index (χ4n) is 4.25. The van der Waals surface area contributed by atoms with Crippen molar-refractivity contribution in [1.29, 1.82) is 0 Å². The second-order valence-electron chi connectivity index (χ2n) is 8.26. The monoisotopic (exact) mass is 471 g/mol. The van der Waals surface area contributed by atoms with E-state index in [0.29, 0.717) is 18.2 Å². The summed E-state index contributed by atoms with van der Waals surface area (Å²) in [7, 11) is 0. The van der Waals surface area contributed by atoms with Gasteiger partial charge in [0.15, 0.2) is 5.78 Å². The summed E-state index contributed by atoms with van der Waals surface area (Å²) in [6, 6.07) is 7.79. The van der Waals surface area contributed by atoms with E-state index >= 15 is 0 Å². The minimum Gasteiger partial charge on any atom is -0.348 e. The Bertz CT molecular complexity index is 1250. The quantitative estimate of drug-likeness (QED) is 0.412. The Morgan fingerprint density at radius 1 is 1.15 bits per heavy atom. The number of rotatable bonds is 7. The molecule has 0 spiro atoms. The number of hydrogen-bond donors (Lipinski definition) is 1. The minimum atomic E-state index is -1.73. The van der Waals surface area contributed by atoms with Crippen LogP contribution in [0.1, 0.15) is 39.1 Å². The number of Topliss-reactive ketones (excluding diaryl/α,β-unsaturated/α-hetero) is 1. The summed E-state index contributed by atoms with van der Waals surface area (Å²) in [4.78, 5) is 40.7. The summed E-state index contributed by atoms with van der Waals surface area (Å²) in [6.45, 7) is 5.30. The van der Waals surface area contributed by atoms with E-state index in [1.165, 1.54) is 11.8 Å². The first-order chi connectivity index (χ1) is 15.6. The van der Waals surface area contributed by atoms with E-state index in [-0.39, 0.29) is 5.56 Å². The average Bonchev–Trinajstić information content (AvgIpc) is 3.42. The summed E-state index contributed by atoms with van der Waals surface area (Å²) in [5, 5.41) is 4.47. The van der Waals surface area contributed by atoms with Gasteiger partial charge < -0.3 is 9.88 Å². The third-order valence-corrected chi connectivity index (χ3v) is 7.02. The molecule has 0 saturated carbocycles. The number of carbonyl (C=O) groups is 3. The van der Waals surface area contributed by atoms with Crippen molar-refractivity contribution >= 4 is 29.1 Å². The molecule has 9 heteroatoms. The fraction of sp³-hybridized carbons (Fsp3) is 0.292. The summed E-state index contributed by atoms with van der Waals surface area (Å²) in [5.41, 5.74) is 0.202. The smallest absolute Gasteiger partial charge is 0.325 e. The lowest BCUT2D eigenvalue weighted by Gasteiger charge is -2.22. The number of nitrogens with one attached hydrogen (secondary N) is 1. The van der Waals surface area contributed by atoms with Gasteiger partial charge in [0.25, 0.3) is 5.91 Å². The third kappa shape index (κ3) is 4.08. The van der Waals surface area contributed by atoms with Crippen LogP contribution in [0, 0.1) is 25.5 Å². The van der Waals surface area contributed by atoms with Gasteiger partial charge in [-0.15, -0.1) is 11.3 Å². The van der Waals surface area contributed by atoms with Gasteiger partial charge in [0.05, 0.1) is 6.54 Å². The molecule has 0 bridgehead atoms. The van der Waals surface area contributed by atoms with E-state index in [0.717, 1.165) is 34.8 Å². The summed E-state index contributed by atoms with van der Waals surface area (Å²) in [5.74, 6) is -2.90. The summed E-state index contributed by atoms with van der Waals surface area (Å²) >= 11 is 1.67. The molecule has 1 fully saturated rings. The highest BCUT2D eigenvalue weighted by Gasteiger charge is 2.50. The van der Waals surface area contributed by atoms with E-state index in [1.807, 2.05) is 29.9 Å². The number of urea groups is 1. The molecule has 4 rings (SSSR count). The van der Waals surface area contributed by atoms with Crippen molar-refractivity contribution in [2.75, 3.05) is 6.54 Å². The topological polar surface area (TPSA) is 71.4 Å². The summed E-state index contributed by atoms with van der Waals surface area (Å²) < 4.78 is 29.7. The number of thiophene rings is 1. The predicted molar refractivity (Wildman–Crippen MR) is 120 cm³/mol. The first-order valence-corrected chi connectivity index (χ1v) is 11.3. The van der Waals surface area contributed by atoms with Crippen molar-refractivity contribution in [1.82, 2.24) is 14.8 Å².